The fourth-order valence-electron chi connectivity index (χ4n) is 2.51. The van der Waals surface area contributed by atoms with E-state index in [9.17, 15) is 4.79 Å². The fourth-order valence-corrected chi connectivity index (χ4v) is 2.51. The number of aromatic nitrogens is 2. The van der Waals surface area contributed by atoms with Gasteiger partial charge in [-0.3, -0.25) is 9.48 Å². The lowest BCUT2D eigenvalue weighted by Gasteiger charge is -2.23. The topological polar surface area (TPSA) is 59.0 Å². The highest BCUT2D eigenvalue weighted by Gasteiger charge is 2.23. The molecule has 0 radical (unpaired) electrons. The summed E-state index contributed by atoms with van der Waals surface area (Å²) in [7, 11) is 1.98. The number of aryl methyl sites for hydroxylation is 1. The normalized spacial score (nSPS) is 18.4. The Labute approximate surface area is 114 Å². The molecule has 2 rings (SSSR count). The summed E-state index contributed by atoms with van der Waals surface area (Å²) in [5.74, 6) is 0.563. The van der Waals surface area contributed by atoms with Crippen LogP contribution in [-0.4, -0.2) is 28.8 Å². The number of carbonyl (C=O) groups excluding carboxylic acids is 1. The molecule has 0 spiro atoms. The second-order valence-corrected chi connectivity index (χ2v) is 5.69. The molecule has 1 aliphatic carbocycles. The van der Waals surface area contributed by atoms with E-state index >= 15 is 0 Å². The lowest BCUT2D eigenvalue weighted by molar-refractivity contribution is -0.120. The number of carbonyl (C=O) groups is 1. The summed E-state index contributed by atoms with van der Waals surface area (Å²) in [5, 5.41) is 10.6. The summed E-state index contributed by atoms with van der Waals surface area (Å²) < 4.78 is 1.95. The van der Waals surface area contributed by atoms with Crippen molar-refractivity contribution in [3.05, 3.63) is 17.5 Å². The van der Waals surface area contributed by atoms with Gasteiger partial charge in [-0.05, 0) is 25.2 Å². The average molecular weight is 264 g/mol. The van der Waals surface area contributed by atoms with Gasteiger partial charge in [0.15, 0.2) is 0 Å². The van der Waals surface area contributed by atoms with Crippen LogP contribution in [0.2, 0.25) is 0 Å². The van der Waals surface area contributed by atoms with Crippen molar-refractivity contribution in [1.82, 2.24) is 20.4 Å². The Hall–Kier alpha value is -1.36. The zero-order chi connectivity index (χ0) is 13.8. The van der Waals surface area contributed by atoms with Gasteiger partial charge >= 0.3 is 0 Å². The highest BCUT2D eigenvalue weighted by Crippen LogP contribution is 2.28. The number of hydrogen-bond acceptors (Lipinski definition) is 3. The maximum atomic E-state index is 11.7. The fraction of sp³-hybridized carbons (Fsp3) is 0.714. The van der Waals surface area contributed by atoms with Crippen molar-refractivity contribution in [2.75, 3.05) is 13.1 Å². The molecule has 1 aromatic rings. The van der Waals surface area contributed by atoms with Crippen molar-refractivity contribution < 1.29 is 4.79 Å². The van der Waals surface area contributed by atoms with Crippen molar-refractivity contribution in [2.24, 2.45) is 13.0 Å². The molecule has 1 amide bonds. The molecule has 1 heterocycles. The Bertz CT molecular complexity index is 439. The lowest BCUT2D eigenvalue weighted by Crippen LogP contribution is -2.38. The third-order valence-electron chi connectivity index (χ3n) is 3.59. The maximum Gasteiger partial charge on any atom is 0.233 e. The minimum atomic E-state index is 0.0738. The van der Waals surface area contributed by atoms with Gasteiger partial charge in [0.2, 0.25) is 5.91 Å². The highest BCUT2D eigenvalue weighted by molar-refractivity contribution is 5.78. The van der Waals surface area contributed by atoms with E-state index in [1.54, 1.807) is 0 Å². The third kappa shape index (κ3) is 3.56. The number of nitrogens with one attached hydrogen (secondary N) is 2. The minimum Gasteiger partial charge on any atom is -0.355 e. The van der Waals surface area contributed by atoms with Crippen LogP contribution in [0.1, 0.15) is 44.0 Å². The van der Waals surface area contributed by atoms with Crippen molar-refractivity contribution in [3.63, 3.8) is 0 Å². The molecule has 0 fully saturated rings. The lowest BCUT2D eigenvalue weighted by atomic mass is 9.93. The Balaban J connectivity index is 1.86. The zero-order valence-electron chi connectivity index (χ0n) is 12.1. The number of hydrogen-bond donors (Lipinski definition) is 2. The van der Waals surface area contributed by atoms with Gasteiger partial charge < -0.3 is 10.6 Å². The molecule has 2 N–H and O–H groups in total. The van der Waals surface area contributed by atoms with Gasteiger partial charge in [0.05, 0.1) is 12.7 Å². The van der Waals surface area contributed by atoms with E-state index in [1.165, 1.54) is 11.3 Å². The summed E-state index contributed by atoms with van der Waals surface area (Å²) in [6, 6.07) is 0.266. The molecular weight excluding hydrogens is 240 g/mol. The van der Waals surface area contributed by atoms with Gasteiger partial charge in [0.1, 0.15) is 0 Å². The SMILES string of the molecule is CC(C)CNC(=O)CNC1CCCc2c1cnn2C. The molecule has 1 atom stereocenters. The molecule has 106 valence electrons. The van der Waals surface area contributed by atoms with Crippen LogP contribution in [0, 0.1) is 5.92 Å². The van der Waals surface area contributed by atoms with E-state index in [0.717, 1.165) is 25.8 Å². The van der Waals surface area contributed by atoms with Crippen molar-refractivity contribution in [1.29, 1.82) is 0 Å². The Morgan fingerprint density at radius 2 is 2.37 bits per heavy atom. The molecular formula is C14H24N4O. The van der Waals surface area contributed by atoms with Crippen LogP contribution in [0.15, 0.2) is 6.20 Å². The summed E-state index contributed by atoms with van der Waals surface area (Å²) in [6.45, 7) is 5.31. The number of amides is 1. The van der Waals surface area contributed by atoms with Gasteiger partial charge in [-0.2, -0.15) is 5.10 Å². The number of fused-ring (bicyclic) bond motifs is 1. The molecule has 0 saturated heterocycles. The van der Waals surface area contributed by atoms with E-state index in [4.69, 9.17) is 0 Å². The molecule has 1 unspecified atom stereocenters. The second kappa shape index (κ2) is 6.19. The van der Waals surface area contributed by atoms with Crippen molar-refractivity contribution >= 4 is 5.91 Å². The van der Waals surface area contributed by atoms with Gasteiger partial charge in [0, 0.05) is 30.9 Å². The van der Waals surface area contributed by atoms with E-state index in [-0.39, 0.29) is 11.9 Å². The van der Waals surface area contributed by atoms with Crippen molar-refractivity contribution in [3.8, 4) is 0 Å². The Morgan fingerprint density at radius 3 is 3.11 bits per heavy atom. The van der Waals surface area contributed by atoms with E-state index in [2.05, 4.69) is 29.6 Å². The second-order valence-electron chi connectivity index (χ2n) is 5.69. The molecule has 1 aromatic heterocycles. The summed E-state index contributed by atoms with van der Waals surface area (Å²) in [6.07, 6.45) is 5.25. The number of rotatable bonds is 5. The van der Waals surface area contributed by atoms with E-state index < -0.39 is 0 Å². The van der Waals surface area contributed by atoms with Gasteiger partial charge in [-0.15, -0.1) is 0 Å². The Morgan fingerprint density at radius 1 is 1.58 bits per heavy atom. The van der Waals surface area contributed by atoms with Crippen LogP contribution in [0.4, 0.5) is 0 Å². The monoisotopic (exact) mass is 264 g/mol. The molecule has 0 saturated carbocycles. The zero-order valence-corrected chi connectivity index (χ0v) is 12.1. The third-order valence-corrected chi connectivity index (χ3v) is 3.59. The summed E-state index contributed by atoms with van der Waals surface area (Å²) >= 11 is 0. The first-order chi connectivity index (χ1) is 9.08. The van der Waals surface area contributed by atoms with E-state index in [0.29, 0.717) is 12.5 Å². The van der Waals surface area contributed by atoms with Crippen LogP contribution < -0.4 is 10.6 Å². The van der Waals surface area contributed by atoms with Crippen LogP contribution in [0.3, 0.4) is 0 Å². The summed E-state index contributed by atoms with van der Waals surface area (Å²) in [5.41, 5.74) is 2.55. The van der Waals surface area contributed by atoms with Crippen LogP contribution in [-0.2, 0) is 18.3 Å². The standard InChI is InChI=1S/C14H24N4O/c1-10(2)7-16-14(19)9-15-12-5-4-6-13-11(12)8-17-18(13)3/h8,10,12,15H,4-7,9H2,1-3H3,(H,16,19). The average Bonchev–Trinajstić information content (AvgIpc) is 2.76. The van der Waals surface area contributed by atoms with Crippen molar-refractivity contribution in [2.45, 2.75) is 39.2 Å². The molecule has 19 heavy (non-hydrogen) atoms. The van der Waals surface area contributed by atoms with Crippen LogP contribution in [0.25, 0.3) is 0 Å². The van der Waals surface area contributed by atoms with Gasteiger partial charge in [-0.25, -0.2) is 0 Å². The number of nitrogens with zero attached hydrogens (tertiary/aromatic N) is 2. The van der Waals surface area contributed by atoms with Crippen LogP contribution in [0.5, 0.6) is 0 Å². The van der Waals surface area contributed by atoms with Gasteiger partial charge in [-0.1, -0.05) is 13.8 Å². The predicted octanol–water partition coefficient (Wildman–Crippen LogP) is 1.16. The molecule has 0 aliphatic heterocycles. The first-order valence-corrected chi connectivity index (χ1v) is 7.08. The first kappa shape index (κ1) is 14.1. The molecule has 0 aromatic carbocycles. The first-order valence-electron chi connectivity index (χ1n) is 7.08. The Kier molecular flexibility index (Phi) is 4.58. The molecule has 5 heteroatoms. The highest BCUT2D eigenvalue weighted by atomic mass is 16.1. The van der Waals surface area contributed by atoms with E-state index in [1.807, 2.05) is 17.9 Å². The largest absolute Gasteiger partial charge is 0.355 e. The smallest absolute Gasteiger partial charge is 0.233 e. The van der Waals surface area contributed by atoms with Gasteiger partial charge in [0.25, 0.3) is 0 Å². The predicted molar refractivity (Wildman–Crippen MR) is 74.7 cm³/mol. The van der Waals surface area contributed by atoms with Crippen LogP contribution >= 0.6 is 0 Å². The summed E-state index contributed by atoms with van der Waals surface area (Å²) in [4.78, 5) is 11.7. The molecule has 5 nitrogen and oxygen atoms in total. The molecule has 0 bridgehead atoms. The minimum absolute atomic E-state index is 0.0738. The quantitative estimate of drug-likeness (QED) is 0.839. The molecule has 1 aliphatic rings. The maximum absolute atomic E-state index is 11.7.